The maximum atomic E-state index is 13.7. The molecule has 0 radical (unpaired) electrons. The smallest absolute Gasteiger partial charge is 0.417 e. The molecule has 0 atom stereocenters. The van der Waals surface area contributed by atoms with Crippen LogP contribution in [0.15, 0.2) is 103 Å². The van der Waals surface area contributed by atoms with Gasteiger partial charge < -0.3 is 10.5 Å². The Bertz CT molecular complexity index is 1370. The molecule has 0 aliphatic carbocycles. The van der Waals surface area contributed by atoms with Crippen LogP contribution in [-0.2, 0) is 19.1 Å². The van der Waals surface area contributed by atoms with Crippen LogP contribution in [0.5, 0.6) is 5.75 Å². The number of rotatable bonds is 17. The first-order chi connectivity index (χ1) is 21.3. The first-order valence-corrected chi connectivity index (χ1v) is 15.8. The number of nitrogens with two attached hydrogens (primary N) is 1. The van der Waals surface area contributed by atoms with Crippen LogP contribution in [0.2, 0.25) is 5.02 Å². The third-order valence-electron chi connectivity index (χ3n) is 7.83. The third-order valence-corrected chi connectivity index (χ3v) is 8.27. The van der Waals surface area contributed by atoms with Crippen LogP contribution in [0.1, 0.15) is 65.8 Å². The first kappa shape index (κ1) is 39.4. The van der Waals surface area contributed by atoms with Crippen LogP contribution in [0.3, 0.4) is 0 Å². The summed E-state index contributed by atoms with van der Waals surface area (Å²) in [6.07, 6.45) is 1.72. The van der Waals surface area contributed by atoms with Crippen molar-refractivity contribution in [1.82, 2.24) is 4.90 Å². The highest BCUT2D eigenvalue weighted by atomic mass is 35.5. The summed E-state index contributed by atoms with van der Waals surface area (Å²) in [6.45, 7) is 2.77. The average molecular weight is 696 g/mol. The molecule has 250 valence electrons. The average Bonchev–Trinajstić information content (AvgIpc) is 3.03. The Morgan fingerprint density at radius 1 is 0.739 bits per heavy atom. The van der Waals surface area contributed by atoms with Gasteiger partial charge in [0, 0.05) is 25.6 Å². The van der Waals surface area contributed by atoms with Gasteiger partial charge in [0.1, 0.15) is 5.75 Å². The molecule has 0 saturated carbocycles. The van der Waals surface area contributed by atoms with Gasteiger partial charge in [-0.2, -0.15) is 13.2 Å². The van der Waals surface area contributed by atoms with E-state index in [1.54, 1.807) is 6.07 Å². The van der Waals surface area contributed by atoms with Crippen molar-refractivity contribution in [2.24, 2.45) is 5.73 Å². The van der Waals surface area contributed by atoms with Crippen molar-refractivity contribution in [3.05, 3.63) is 136 Å². The summed E-state index contributed by atoms with van der Waals surface area (Å²) >= 11 is 6.35. The normalized spacial score (nSPS) is 11.3. The molecule has 4 aromatic carbocycles. The maximum Gasteiger partial charge on any atom is 0.417 e. The molecular weight excluding hydrogens is 652 g/mol. The van der Waals surface area contributed by atoms with E-state index >= 15 is 0 Å². The Kier molecular flexibility index (Phi) is 17.6. The van der Waals surface area contributed by atoms with Crippen LogP contribution < -0.4 is 10.5 Å². The number of benzene rings is 4. The van der Waals surface area contributed by atoms with Crippen molar-refractivity contribution in [2.75, 3.05) is 26.2 Å². The molecule has 0 heterocycles. The SMILES string of the molecule is Cl.Cl.NCCCCCCc1cccc(OCCCN(Cc2cccc(C(F)(F)F)c2Cl)CC(c2ccccc2)c2ccccc2)c1. The number of halogens is 6. The summed E-state index contributed by atoms with van der Waals surface area (Å²) in [5.41, 5.74) is 8.80. The molecule has 0 saturated heterocycles. The highest BCUT2D eigenvalue weighted by Gasteiger charge is 2.34. The standard InChI is InChI=1S/C37H42ClF3N2O.2ClH/c38-36-32(20-12-22-35(36)37(39,40)41)27-43(28-34(30-16-6-3-7-17-30)31-18-8-4-9-19-31)24-13-25-44-33-21-11-15-29(26-33)14-5-1-2-10-23-42;;/h3-4,6-9,11-12,15-22,26,34H,1-2,5,10,13-14,23-25,27-28,42H2;2*1H. The van der Waals surface area contributed by atoms with E-state index in [2.05, 4.69) is 41.3 Å². The Balaban J connectivity index is 0.00000368. The van der Waals surface area contributed by atoms with E-state index in [0.717, 1.165) is 55.2 Å². The highest BCUT2D eigenvalue weighted by molar-refractivity contribution is 6.32. The zero-order chi connectivity index (χ0) is 31.2. The zero-order valence-corrected chi connectivity index (χ0v) is 28.3. The molecular formula is C37H44Cl3F3N2O. The molecule has 0 spiro atoms. The summed E-state index contributed by atoms with van der Waals surface area (Å²) in [5, 5.41) is -0.239. The molecule has 4 rings (SSSR count). The van der Waals surface area contributed by atoms with Gasteiger partial charge in [0.2, 0.25) is 0 Å². The number of nitrogens with zero attached hydrogens (tertiary/aromatic N) is 1. The Hall–Kier alpha value is -2.74. The summed E-state index contributed by atoms with van der Waals surface area (Å²) in [7, 11) is 0. The lowest BCUT2D eigenvalue weighted by atomic mass is 9.90. The molecule has 2 N–H and O–H groups in total. The van der Waals surface area contributed by atoms with Crippen molar-refractivity contribution in [1.29, 1.82) is 0 Å². The summed E-state index contributed by atoms with van der Waals surface area (Å²) < 4.78 is 47.1. The number of alkyl halides is 3. The van der Waals surface area contributed by atoms with Crippen molar-refractivity contribution >= 4 is 36.4 Å². The van der Waals surface area contributed by atoms with Crippen LogP contribution in [0.25, 0.3) is 0 Å². The maximum absolute atomic E-state index is 13.7. The van der Waals surface area contributed by atoms with E-state index in [-0.39, 0.29) is 35.8 Å². The van der Waals surface area contributed by atoms with Gasteiger partial charge in [-0.15, -0.1) is 24.8 Å². The Morgan fingerprint density at radius 3 is 2.00 bits per heavy atom. The summed E-state index contributed by atoms with van der Waals surface area (Å²) in [4.78, 5) is 2.19. The van der Waals surface area contributed by atoms with E-state index in [1.807, 2.05) is 48.5 Å². The second-order valence-corrected chi connectivity index (χ2v) is 11.6. The fraction of sp³-hybridized carbons (Fsp3) is 0.351. The second-order valence-electron chi connectivity index (χ2n) is 11.2. The molecule has 0 aliphatic heterocycles. The number of aryl methyl sites for hydroxylation is 1. The van der Waals surface area contributed by atoms with Crippen molar-refractivity contribution in [3.8, 4) is 5.75 Å². The number of ether oxygens (including phenoxy) is 1. The van der Waals surface area contributed by atoms with Gasteiger partial charge in [0.25, 0.3) is 0 Å². The molecule has 0 bridgehead atoms. The van der Waals surface area contributed by atoms with Crippen molar-refractivity contribution < 1.29 is 17.9 Å². The van der Waals surface area contributed by atoms with Gasteiger partial charge >= 0.3 is 6.18 Å². The van der Waals surface area contributed by atoms with Gasteiger partial charge in [0.05, 0.1) is 17.2 Å². The zero-order valence-electron chi connectivity index (χ0n) is 25.9. The number of unbranched alkanes of at least 4 members (excludes halogenated alkanes) is 3. The van der Waals surface area contributed by atoms with Gasteiger partial charge in [-0.3, -0.25) is 4.90 Å². The van der Waals surface area contributed by atoms with Gasteiger partial charge in [0.15, 0.2) is 0 Å². The minimum absolute atomic E-state index is 0. The Labute approximate surface area is 289 Å². The molecule has 4 aromatic rings. The molecule has 0 amide bonds. The molecule has 0 aliphatic rings. The molecule has 0 unspecified atom stereocenters. The van der Waals surface area contributed by atoms with E-state index in [4.69, 9.17) is 22.1 Å². The minimum atomic E-state index is -4.51. The lowest BCUT2D eigenvalue weighted by Gasteiger charge is -2.29. The highest BCUT2D eigenvalue weighted by Crippen LogP contribution is 2.37. The lowest BCUT2D eigenvalue weighted by Crippen LogP contribution is -2.31. The lowest BCUT2D eigenvalue weighted by molar-refractivity contribution is -0.137. The fourth-order valence-electron chi connectivity index (χ4n) is 5.52. The van der Waals surface area contributed by atoms with Crippen LogP contribution in [0, 0.1) is 0 Å². The summed E-state index contributed by atoms with van der Waals surface area (Å²) in [6, 6.07) is 32.8. The van der Waals surface area contributed by atoms with Crippen molar-refractivity contribution in [2.45, 2.75) is 57.2 Å². The molecule has 3 nitrogen and oxygen atoms in total. The molecule has 9 heteroatoms. The molecule has 0 fully saturated rings. The Morgan fingerprint density at radius 2 is 1.37 bits per heavy atom. The van der Waals surface area contributed by atoms with E-state index in [0.29, 0.717) is 38.2 Å². The number of hydrogen-bond donors (Lipinski definition) is 1. The number of hydrogen-bond acceptors (Lipinski definition) is 3. The van der Waals surface area contributed by atoms with Crippen LogP contribution in [-0.4, -0.2) is 31.1 Å². The van der Waals surface area contributed by atoms with Gasteiger partial charge in [-0.1, -0.05) is 109 Å². The van der Waals surface area contributed by atoms with Crippen LogP contribution in [0.4, 0.5) is 13.2 Å². The van der Waals surface area contributed by atoms with Crippen molar-refractivity contribution in [3.63, 3.8) is 0 Å². The van der Waals surface area contributed by atoms with E-state index in [1.165, 1.54) is 18.1 Å². The quantitative estimate of drug-likeness (QED) is 0.112. The van der Waals surface area contributed by atoms with E-state index in [9.17, 15) is 13.2 Å². The third kappa shape index (κ3) is 12.5. The monoisotopic (exact) mass is 694 g/mol. The predicted octanol–water partition coefficient (Wildman–Crippen LogP) is 10.4. The minimum Gasteiger partial charge on any atom is -0.494 e. The van der Waals surface area contributed by atoms with Gasteiger partial charge in [-0.25, -0.2) is 0 Å². The predicted molar refractivity (Wildman–Crippen MR) is 189 cm³/mol. The van der Waals surface area contributed by atoms with Crippen LogP contribution >= 0.6 is 36.4 Å². The topological polar surface area (TPSA) is 38.5 Å². The fourth-order valence-corrected chi connectivity index (χ4v) is 5.82. The summed E-state index contributed by atoms with van der Waals surface area (Å²) in [5.74, 6) is 0.868. The van der Waals surface area contributed by atoms with E-state index < -0.39 is 11.7 Å². The second kappa shape index (κ2) is 20.5. The largest absolute Gasteiger partial charge is 0.494 e. The first-order valence-electron chi connectivity index (χ1n) is 15.4. The van der Waals surface area contributed by atoms with Gasteiger partial charge in [-0.05, 0) is 72.7 Å². The molecule has 46 heavy (non-hydrogen) atoms. The molecule has 0 aromatic heterocycles.